The standard InChI is InChI=1S/C53H35N3/c1-4-15-36(16-5-1)41-33-48(37-17-6-2-7-18-37)54-49(34-41)40-19-14-22-43(31-40)56-50-25-12-10-23-44(50)46-29-27-39(35-53(46)56)38-28-30-52-47(32-38)45-24-11-13-26-51(45)55(52)42-20-8-3-9-21-42/h1-35H. The quantitative estimate of drug-likeness (QED) is 0.168. The largest absolute Gasteiger partial charge is 0.309 e. The summed E-state index contributed by atoms with van der Waals surface area (Å²) in [5.41, 5.74) is 15.8. The predicted molar refractivity (Wildman–Crippen MR) is 235 cm³/mol. The van der Waals surface area contributed by atoms with E-state index in [1.54, 1.807) is 0 Å². The molecule has 8 aromatic carbocycles. The first-order valence-corrected chi connectivity index (χ1v) is 19.1. The van der Waals surface area contributed by atoms with Gasteiger partial charge in [-0.1, -0.05) is 146 Å². The van der Waals surface area contributed by atoms with Crippen LogP contribution in [-0.2, 0) is 0 Å². The summed E-state index contributed by atoms with van der Waals surface area (Å²) >= 11 is 0. The van der Waals surface area contributed by atoms with Crippen LogP contribution in [0, 0.1) is 0 Å². The average molecular weight is 714 g/mol. The van der Waals surface area contributed by atoms with Gasteiger partial charge in [-0.25, -0.2) is 4.98 Å². The second-order valence-corrected chi connectivity index (χ2v) is 14.4. The maximum absolute atomic E-state index is 5.26. The van der Waals surface area contributed by atoms with E-state index in [1.807, 2.05) is 0 Å². The monoisotopic (exact) mass is 713 g/mol. The van der Waals surface area contributed by atoms with Crippen LogP contribution in [0.3, 0.4) is 0 Å². The van der Waals surface area contributed by atoms with Gasteiger partial charge in [0.15, 0.2) is 0 Å². The van der Waals surface area contributed by atoms with Gasteiger partial charge in [-0.15, -0.1) is 0 Å². The smallest absolute Gasteiger partial charge is 0.0716 e. The maximum Gasteiger partial charge on any atom is 0.0716 e. The molecular weight excluding hydrogens is 679 g/mol. The number of aromatic nitrogens is 3. The Kier molecular flexibility index (Phi) is 7.49. The Labute approximate surface area is 325 Å². The zero-order valence-corrected chi connectivity index (χ0v) is 30.5. The third-order valence-corrected chi connectivity index (χ3v) is 11.1. The van der Waals surface area contributed by atoms with Gasteiger partial charge in [-0.05, 0) is 89.0 Å². The van der Waals surface area contributed by atoms with Crippen molar-refractivity contribution in [3.8, 4) is 56.1 Å². The SMILES string of the molecule is c1ccc(-c2cc(-c3ccccc3)nc(-c3cccc(-n4c5ccccc5c5ccc(-c6ccc7c(c6)c6ccccc6n7-c6ccccc6)cc54)c3)c2)cc1. The van der Waals surface area contributed by atoms with Crippen LogP contribution in [0.4, 0.5) is 0 Å². The van der Waals surface area contributed by atoms with E-state index in [-0.39, 0.29) is 0 Å². The molecule has 3 heteroatoms. The number of nitrogens with zero attached hydrogens (tertiary/aromatic N) is 3. The zero-order chi connectivity index (χ0) is 37.0. The Balaban J connectivity index is 1.08. The molecule has 3 heterocycles. The molecule has 3 aromatic heterocycles. The Morgan fingerprint density at radius 2 is 0.750 bits per heavy atom. The molecule has 0 saturated carbocycles. The van der Waals surface area contributed by atoms with E-state index >= 15 is 0 Å². The van der Waals surface area contributed by atoms with Crippen molar-refractivity contribution in [1.29, 1.82) is 0 Å². The van der Waals surface area contributed by atoms with E-state index in [1.165, 1.54) is 60.3 Å². The highest BCUT2D eigenvalue weighted by atomic mass is 15.0. The number of para-hydroxylation sites is 3. The van der Waals surface area contributed by atoms with Crippen LogP contribution < -0.4 is 0 Å². The molecule has 0 spiro atoms. The molecule has 11 aromatic rings. The summed E-state index contributed by atoms with van der Waals surface area (Å²) in [6.45, 7) is 0. The van der Waals surface area contributed by atoms with Gasteiger partial charge >= 0.3 is 0 Å². The Morgan fingerprint density at radius 1 is 0.250 bits per heavy atom. The van der Waals surface area contributed by atoms with Crippen LogP contribution in [0.15, 0.2) is 212 Å². The molecule has 0 N–H and O–H groups in total. The fourth-order valence-electron chi connectivity index (χ4n) is 8.47. The van der Waals surface area contributed by atoms with Crippen LogP contribution >= 0.6 is 0 Å². The third kappa shape index (κ3) is 5.32. The molecule has 0 aliphatic heterocycles. The lowest BCUT2D eigenvalue weighted by molar-refractivity contribution is 1.18. The van der Waals surface area contributed by atoms with Crippen molar-refractivity contribution in [1.82, 2.24) is 14.1 Å². The molecule has 56 heavy (non-hydrogen) atoms. The summed E-state index contributed by atoms with van der Waals surface area (Å²) in [7, 11) is 0. The van der Waals surface area contributed by atoms with E-state index < -0.39 is 0 Å². The van der Waals surface area contributed by atoms with Gasteiger partial charge in [0.2, 0.25) is 0 Å². The first-order chi connectivity index (χ1) is 27.8. The van der Waals surface area contributed by atoms with Crippen molar-refractivity contribution >= 4 is 43.6 Å². The topological polar surface area (TPSA) is 22.8 Å². The summed E-state index contributed by atoms with van der Waals surface area (Å²) in [5, 5.41) is 4.96. The van der Waals surface area contributed by atoms with E-state index in [9.17, 15) is 0 Å². The molecule has 0 atom stereocenters. The predicted octanol–water partition coefficient (Wildman–Crippen LogP) is 13.9. The molecule has 0 fully saturated rings. The first-order valence-electron chi connectivity index (χ1n) is 19.1. The second-order valence-electron chi connectivity index (χ2n) is 14.4. The molecule has 3 nitrogen and oxygen atoms in total. The number of rotatable bonds is 6. The molecule has 0 bridgehead atoms. The summed E-state index contributed by atoms with van der Waals surface area (Å²) in [5.74, 6) is 0. The van der Waals surface area contributed by atoms with Crippen LogP contribution in [0.25, 0.3) is 99.8 Å². The van der Waals surface area contributed by atoms with Gasteiger partial charge in [0.25, 0.3) is 0 Å². The molecule has 262 valence electrons. The normalized spacial score (nSPS) is 11.6. The molecule has 0 aliphatic rings. The lowest BCUT2D eigenvalue weighted by atomic mass is 10.00. The van der Waals surface area contributed by atoms with Gasteiger partial charge in [-0.3, -0.25) is 0 Å². The van der Waals surface area contributed by atoms with Gasteiger partial charge in [-0.2, -0.15) is 0 Å². The molecule has 0 unspecified atom stereocenters. The van der Waals surface area contributed by atoms with E-state index in [4.69, 9.17) is 4.98 Å². The van der Waals surface area contributed by atoms with Crippen LogP contribution in [0.5, 0.6) is 0 Å². The van der Waals surface area contributed by atoms with Gasteiger partial charge in [0, 0.05) is 44.0 Å². The fourth-order valence-corrected chi connectivity index (χ4v) is 8.47. The van der Waals surface area contributed by atoms with Crippen molar-refractivity contribution in [2.75, 3.05) is 0 Å². The highest BCUT2D eigenvalue weighted by molar-refractivity contribution is 6.12. The van der Waals surface area contributed by atoms with Crippen molar-refractivity contribution in [2.24, 2.45) is 0 Å². The second kappa shape index (κ2) is 13.1. The number of benzene rings is 8. The van der Waals surface area contributed by atoms with E-state index in [2.05, 4.69) is 221 Å². The third-order valence-electron chi connectivity index (χ3n) is 11.1. The van der Waals surface area contributed by atoms with Gasteiger partial charge in [0.1, 0.15) is 0 Å². The highest BCUT2D eigenvalue weighted by Gasteiger charge is 2.17. The Bertz CT molecular complexity index is 3170. The van der Waals surface area contributed by atoms with Gasteiger partial charge in [0.05, 0.1) is 33.5 Å². The fraction of sp³-hybridized carbons (Fsp3) is 0. The minimum absolute atomic E-state index is 0.941. The molecular formula is C53H35N3. The highest BCUT2D eigenvalue weighted by Crippen LogP contribution is 2.39. The van der Waals surface area contributed by atoms with Gasteiger partial charge < -0.3 is 9.13 Å². The van der Waals surface area contributed by atoms with Crippen molar-refractivity contribution in [3.63, 3.8) is 0 Å². The minimum Gasteiger partial charge on any atom is -0.309 e. The molecule has 0 saturated heterocycles. The average Bonchev–Trinajstić information content (AvgIpc) is 3.79. The number of hydrogen-bond donors (Lipinski definition) is 0. The van der Waals surface area contributed by atoms with Crippen LogP contribution in [0.1, 0.15) is 0 Å². The van der Waals surface area contributed by atoms with Crippen molar-refractivity contribution in [2.45, 2.75) is 0 Å². The molecule has 0 radical (unpaired) electrons. The van der Waals surface area contributed by atoms with Crippen LogP contribution in [-0.4, -0.2) is 14.1 Å². The van der Waals surface area contributed by atoms with Crippen molar-refractivity contribution < 1.29 is 0 Å². The minimum atomic E-state index is 0.941. The summed E-state index contributed by atoms with van der Waals surface area (Å²) < 4.78 is 4.78. The summed E-state index contributed by atoms with van der Waals surface area (Å²) in [6, 6.07) is 76.2. The first kappa shape index (κ1) is 32.0. The molecule has 0 aliphatic carbocycles. The number of hydrogen-bond acceptors (Lipinski definition) is 1. The lowest BCUT2D eigenvalue weighted by Crippen LogP contribution is -1.96. The number of fused-ring (bicyclic) bond motifs is 6. The number of pyridine rings is 1. The van der Waals surface area contributed by atoms with Crippen molar-refractivity contribution in [3.05, 3.63) is 212 Å². The lowest BCUT2D eigenvalue weighted by Gasteiger charge is -2.13. The summed E-state index contributed by atoms with van der Waals surface area (Å²) in [4.78, 5) is 5.26. The molecule has 0 amide bonds. The maximum atomic E-state index is 5.26. The Morgan fingerprint density at radius 3 is 1.48 bits per heavy atom. The van der Waals surface area contributed by atoms with E-state index in [0.717, 1.165) is 39.5 Å². The summed E-state index contributed by atoms with van der Waals surface area (Å²) in [6.07, 6.45) is 0. The van der Waals surface area contributed by atoms with Crippen LogP contribution in [0.2, 0.25) is 0 Å². The Hall–Kier alpha value is -7.49. The molecule has 11 rings (SSSR count). The van der Waals surface area contributed by atoms with E-state index in [0.29, 0.717) is 0 Å². The zero-order valence-electron chi connectivity index (χ0n) is 30.5.